The van der Waals surface area contributed by atoms with Gasteiger partial charge in [0.15, 0.2) is 0 Å². The molecule has 2 aromatic rings. The van der Waals surface area contributed by atoms with Gasteiger partial charge in [0, 0.05) is 19.3 Å². The molecule has 2 aromatic carbocycles. The Morgan fingerprint density at radius 3 is 2.40 bits per heavy atom. The average molecular weight is 380 g/mol. The molecule has 0 aromatic heterocycles. The molecule has 0 heterocycles. The monoisotopic (exact) mass is 379 g/mol. The summed E-state index contributed by atoms with van der Waals surface area (Å²) in [6.07, 6.45) is 0. The van der Waals surface area contributed by atoms with Gasteiger partial charge in [-0.3, -0.25) is 4.79 Å². The van der Waals surface area contributed by atoms with Crippen molar-refractivity contribution in [1.82, 2.24) is 10.2 Å². The van der Waals surface area contributed by atoms with Crippen LogP contribution in [0.5, 0.6) is 0 Å². The van der Waals surface area contributed by atoms with Crippen LogP contribution in [-0.2, 0) is 11.3 Å². The van der Waals surface area contributed by atoms with E-state index in [1.54, 1.807) is 44.3 Å². The highest BCUT2D eigenvalue weighted by molar-refractivity contribution is 6.42. The minimum absolute atomic E-state index is 0.214. The maximum Gasteiger partial charge on any atom is 0.319 e. The minimum Gasteiger partial charge on any atom is -0.340 e. The van der Waals surface area contributed by atoms with E-state index in [-0.39, 0.29) is 5.91 Å². The Morgan fingerprint density at radius 2 is 1.76 bits per heavy atom. The average Bonchev–Trinajstić information content (AvgIpc) is 2.58. The lowest BCUT2D eigenvalue weighted by Gasteiger charge is -2.22. The second-order valence-electron chi connectivity index (χ2n) is 5.63. The molecule has 0 bridgehead atoms. The van der Waals surface area contributed by atoms with E-state index in [0.29, 0.717) is 22.3 Å². The fourth-order valence-electron chi connectivity index (χ4n) is 2.27. The number of hydrogen-bond donors (Lipinski definition) is 2. The van der Waals surface area contributed by atoms with Crippen LogP contribution in [0.15, 0.2) is 48.5 Å². The summed E-state index contributed by atoms with van der Waals surface area (Å²) < 4.78 is 0. The zero-order chi connectivity index (χ0) is 18.4. The van der Waals surface area contributed by atoms with Crippen molar-refractivity contribution in [3.63, 3.8) is 0 Å². The number of para-hydroxylation sites is 1. The van der Waals surface area contributed by atoms with Crippen LogP contribution >= 0.6 is 23.2 Å². The van der Waals surface area contributed by atoms with E-state index in [2.05, 4.69) is 10.6 Å². The molecule has 0 aliphatic heterocycles. The number of carbonyl (C=O) groups excluding carboxylic acids is 2. The van der Waals surface area contributed by atoms with Crippen molar-refractivity contribution in [3.8, 4) is 0 Å². The Balaban J connectivity index is 1.89. The minimum atomic E-state index is -0.670. The number of benzene rings is 2. The zero-order valence-corrected chi connectivity index (χ0v) is 15.4. The first-order valence-electron chi connectivity index (χ1n) is 7.68. The molecule has 2 rings (SSSR count). The van der Waals surface area contributed by atoms with Crippen LogP contribution in [0.1, 0.15) is 12.5 Å². The Bertz CT molecular complexity index is 753. The number of nitrogens with one attached hydrogen (secondary N) is 2. The van der Waals surface area contributed by atoms with Crippen LogP contribution in [-0.4, -0.2) is 29.9 Å². The third-order valence-electron chi connectivity index (χ3n) is 3.53. The van der Waals surface area contributed by atoms with E-state index < -0.39 is 12.1 Å². The van der Waals surface area contributed by atoms with Crippen LogP contribution in [0.2, 0.25) is 10.0 Å². The van der Waals surface area contributed by atoms with Gasteiger partial charge >= 0.3 is 6.03 Å². The summed E-state index contributed by atoms with van der Waals surface area (Å²) in [7, 11) is 1.66. The molecular formula is C18H19Cl2N3O2. The van der Waals surface area contributed by atoms with Crippen LogP contribution < -0.4 is 10.6 Å². The molecule has 2 N–H and O–H groups in total. The standard InChI is InChI=1S/C18H19Cl2N3O2/c1-12(21-18(25)22-14-6-4-3-5-7-14)17(24)23(2)11-13-8-9-15(19)16(20)10-13/h3-10,12H,11H2,1-2H3,(H2,21,22,25). The molecule has 1 unspecified atom stereocenters. The highest BCUT2D eigenvalue weighted by Crippen LogP contribution is 2.23. The Labute approximate surface area is 156 Å². The van der Waals surface area contributed by atoms with Gasteiger partial charge in [-0.05, 0) is 36.8 Å². The first-order chi connectivity index (χ1) is 11.9. The van der Waals surface area contributed by atoms with E-state index >= 15 is 0 Å². The molecule has 5 nitrogen and oxygen atoms in total. The number of anilines is 1. The van der Waals surface area contributed by atoms with E-state index in [9.17, 15) is 9.59 Å². The van der Waals surface area contributed by atoms with Gasteiger partial charge in [0.25, 0.3) is 0 Å². The second-order valence-corrected chi connectivity index (χ2v) is 6.44. The molecule has 0 spiro atoms. The van der Waals surface area contributed by atoms with E-state index in [1.165, 1.54) is 4.90 Å². The summed E-state index contributed by atoms with van der Waals surface area (Å²) in [4.78, 5) is 25.9. The van der Waals surface area contributed by atoms with Crippen molar-refractivity contribution in [3.05, 3.63) is 64.1 Å². The van der Waals surface area contributed by atoms with Crippen molar-refractivity contribution >= 4 is 40.8 Å². The predicted octanol–water partition coefficient (Wildman–Crippen LogP) is 4.16. The van der Waals surface area contributed by atoms with Gasteiger partial charge in [0.05, 0.1) is 10.0 Å². The van der Waals surface area contributed by atoms with Crippen LogP contribution in [0.4, 0.5) is 10.5 Å². The topological polar surface area (TPSA) is 61.4 Å². The quantitative estimate of drug-likeness (QED) is 0.818. The van der Waals surface area contributed by atoms with Crippen molar-refractivity contribution in [1.29, 1.82) is 0 Å². The summed E-state index contributed by atoms with van der Waals surface area (Å²) in [5.74, 6) is -0.214. The van der Waals surface area contributed by atoms with Crippen LogP contribution in [0.25, 0.3) is 0 Å². The van der Waals surface area contributed by atoms with Crippen LogP contribution in [0, 0.1) is 0 Å². The third kappa shape index (κ3) is 5.66. The first-order valence-corrected chi connectivity index (χ1v) is 8.44. The fraction of sp³-hybridized carbons (Fsp3) is 0.222. The molecule has 0 saturated carbocycles. The molecule has 0 saturated heterocycles. The van der Waals surface area contributed by atoms with Crippen molar-refractivity contribution in [2.45, 2.75) is 19.5 Å². The molecule has 1 atom stereocenters. The molecule has 3 amide bonds. The van der Waals surface area contributed by atoms with Crippen molar-refractivity contribution < 1.29 is 9.59 Å². The number of likely N-dealkylation sites (N-methyl/N-ethyl adjacent to an activating group) is 1. The van der Waals surface area contributed by atoms with Gasteiger partial charge in [-0.2, -0.15) is 0 Å². The number of nitrogens with zero attached hydrogens (tertiary/aromatic N) is 1. The van der Waals surface area contributed by atoms with E-state index in [1.807, 2.05) is 18.2 Å². The number of hydrogen-bond acceptors (Lipinski definition) is 2. The summed E-state index contributed by atoms with van der Waals surface area (Å²) in [6.45, 7) is 2.00. The molecule has 0 fully saturated rings. The Hall–Kier alpha value is -2.24. The maximum atomic E-state index is 12.4. The lowest BCUT2D eigenvalue weighted by atomic mass is 10.2. The van der Waals surface area contributed by atoms with Crippen LogP contribution in [0.3, 0.4) is 0 Å². The largest absolute Gasteiger partial charge is 0.340 e. The van der Waals surface area contributed by atoms with Gasteiger partial charge in [-0.25, -0.2) is 4.79 Å². The molecule has 132 valence electrons. The van der Waals surface area contributed by atoms with E-state index in [4.69, 9.17) is 23.2 Å². The zero-order valence-electron chi connectivity index (χ0n) is 13.9. The second kappa shape index (κ2) is 8.74. The lowest BCUT2D eigenvalue weighted by Crippen LogP contribution is -2.46. The fourth-order valence-corrected chi connectivity index (χ4v) is 2.59. The molecule has 0 aliphatic carbocycles. The normalized spacial score (nSPS) is 11.5. The molecule has 7 heteroatoms. The van der Waals surface area contributed by atoms with Crippen molar-refractivity contribution in [2.24, 2.45) is 0 Å². The summed E-state index contributed by atoms with van der Waals surface area (Å²) in [5.41, 5.74) is 1.51. The highest BCUT2D eigenvalue weighted by atomic mass is 35.5. The van der Waals surface area contributed by atoms with Gasteiger partial charge < -0.3 is 15.5 Å². The Morgan fingerprint density at radius 1 is 1.08 bits per heavy atom. The smallest absolute Gasteiger partial charge is 0.319 e. The summed E-state index contributed by atoms with van der Waals surface area (Å²) in [5, 5.41) is 6.21. The summed E-state index contributed by atoms with van der Waals surface area (Å²) in [6, 6.07) is 13.1. The van der Waals surface area contributed by atoms with Gasteiger partial charge in [0.1, 0.15) is 6.04 Å². The summed E-state index contributed by atoms with van der Waals surface area (Å²) >= 11 is 11.9. The van der Waals surface area contributed by atoms with Gasteiger partial charge in [-0.15, -0.1) is 0 Å². The maximum absolute atomic E-state index is 12.4. The highest BCUT2D eigenvalue weighted by Gasteiger charge is 2.19. The Kier molecular flexibility index (Phi) is 6.67. The number of carbonyl (C=O) groups is 2. The lowest BCUT2D eigenvalue weighted by molar-refractivity contribution is -0.131. The molecular weight excluding hydrogens is 361 g/mol. The van der Waals surface area contributed by atoms with Gasteiger partial charge in [0.2, 0.25) is 5.91 Å². The number of urea groups is 1. The van der Waals surface area contributed by atoms with Gasteiger partial charge in [-0.1, -0.05) is 47.5 Å². The first kappa shape index (κ1) is 19.1. The molecule has 25 heavy (non-hydrogen) atoms. The number of amides is 3. The third-order valence-corrected chi connectivity index (χ3v) is 4.27. The molecule has 0 aliphatic rings. The van der Waals surface area contributed by atoms with E-state index in [0.717, 1.165) is 5.56 Å². The number of halogens is 2. The number of rotatable bonds is 5. The molecule has 0 radical (unpaired) electrons. The van der Waals surface area contributed by atoms with Crippen molar-refractivity contribution in [2.75, 3.05) is 12.4 Å². The predicted molar refractivity (Wildman–Crippen MR) is 101 cm³/mol. The SMILES string of the molecule is CC(NC(=O)Nc1ccccc1)C(=O)N(C)Cc1ccc(Cl)c(Cl)c1.